The topological polar surface area (TPSA) is 91.4 Å². The number of carbonyl (C=O) groups excluding carboxylic acids is 1. The van der Waals surface area contributed by atoms with Gasteiger partial charge in [0, 0.05) is 18.9 Å². The molecule has 22 heavy (non-hydrogen) atoms. The highest BCUT2D eigenvalue weighted by Crippen LogP contribution is 2.27. The Kier molecular flexibility index (Phi) is 7.33. The Bertz CT molecular complexity index is 472. The first kappa shape index (κ1) is 19.4. The minimum atomic E-state index is -3.44. The van der Waals surface area contributed by atoms with Crippen molar-refractivity contribution in [1.82, 2.24) is 4.42 Å². The van der Waals surface area contributed by atoms with Gasteiger partial charge in [0.15, 0.2) is 16.1 Å². The molecule has 10 heteroatoms. The lowest BCUT2D eigenvalue weighted by atomic mass is 10.1. The average molecular weight is 360 g/mol. The van der Waals surface area contributed by atoms with Gasteiger partial charge in [-0.05, 0) is 13.8 Å². The number of amides is 1. The molecule has 0 bridgehead atoms. The van der Waals surface area contributed by atoms with Gasteiger partial charge in [0.25, 0.3) is 0 Å². The summed E-state index contributed by atoms with van der Waals surface area (Å²) in [5.41, 5.74) is -1.06. The van der Waals surface area contributed by atoms with Crippen LogP contribution in [0, 0.1) is 0 Å². The molecule has 2 atom stereocenters. The molecule has 1 fully saturated rings. The fourth-order valence-corrected chi connectivity index (χ4v) is 3.73. The maximum Gasteiger partial charge on any atom is 0.425 e. The van der Waals surface area contributed by atoms with Crippen LogP contribution in [0.5, 0.6) is 0 Å². The number of nitrogens with zero attached hydrogens (tertiary/aromatic N) is 1. The van der Waals surface area contributed by atoms with E-state index in [4.69, 9.17) is 30.7 Å². The van der Waals surface area contributed by atoms with Crippen LogP contribution in [0.3, 0.4) is 0 Å². The zero-order valence-corrected chi connectivity index (χ0v) is 14.5. The lowest BCUT2D eigenvalue weighted by Gasteiger charge is -2.25. The van der Waals surface area contributed by atoms with Gasteiger partial charge in [-0.3, -0.25) is 0 Å². The van der Waals surface area contributed by atoms with Gasteiger partial charge in [0.1, 0.15) is 12.1 Å². The molecule has 1 saturated heterocycles. The molecule has 0 radical (unpaired) electrons. The lowest BCUT2D eigenvalue weighted by Crippen LogP contribution is -2.45. The van der Waals surface area contributed by atoms with E-state index in [0.29, 0.717) is 6.61 Å². The molecule has 0 aliphatic carbocycles. The zero-order chi connectivity index (χ0) is 16.8. The van der Waals surface area contributed by atoms with Crippen LogP contribution < -0.4 is 0 Å². The van der Waals surface area contributed by atoms with Crippen molar-refractivity contribution >= 4 is 27.7 Å². The van der Waals surface area contributed by atoms with Crippen LogP contribution in [0.4, 0.5) is 4.79 Å². The van der Waals surface area contributed by atoms with Crippen LogP contribution in [0.2, 0.25) is 0 Å². The lowest BCUT2D eigenvalue weighted by molar-refractivity contribution is -0.121. The maximum atomic E-state index is 12.0. The molecule has 0 N–H and O–H groups in total. The van der Waals surface area contributed by atoms with Crippen LogP contribution >= 0.6 is 11.8 Å². The first-order chi connectivity index (χ1) is 10.2. The summed E-state index contributed by atoms with van der Waals surface area (Å²) >= 11 is 5.76. The third-order valence-corrected chi connectivity index (χ3v) is 5.52. The quantitative estimate of drug-likeness (QED) is 0.323. The number of sulfone groups is 1. The number of hydrogen-bond donors (Lipinski definition) is 0. The SMILES string of the molecule is COC(C)OCCOCCS(=O)(=O)CC1(C)COC(=O)N1Cl. The van der Waals surface area contributed by atoms with E-state index in [0.717, 1.165) is 4.42 Å². The minimum absolute atomic E-state index is 0.0419. The number of halogens is 1. The van der Waals surface area contributed by atoms with Crippen molar-refractivity contribution in [2.24, 2.45) is 0 Å². The highest BCUT2D eigenvalue weighted by atomic mass is 35.5. The second-order valence-electron chi connectivity index (χ2n) is 5.21. The molecule has 0 aromatic rings. The Hall–Kier alpha value is -0.610. The third kappa shape index (κ3) is 5.88. The summed E-state index contributed by atoms with van der Waals surface area (Å²) in [7, 11) is -1.91. The van der Waals surface area contributed by atoms with E-state index in [1.54, 1.807) is 13.8 Å². The molecule has 1 aliphatic rings. The summed E-state index contributed by atoms with van der Waals surface area (Å²) in [6.45, 7) is 3.87. The molecule has 1 aliphatic heterocycles. The van der Waals surface area contributed by atoms with E-state index in [-0.39, 0.29) is 37.6 Å². The molecule has 0 spiro atoms. The smallest absolute Gasteiger partial charge is 0.425 e. The van der Waals surface area contributed by atoms with Crippen LogP contribution in [-0.4, -0.2) is 75.8 Å². The fraction of sp³-hybridized carbons (Fsp3) is 0.917. The summed E-state index contributed by atoms with van der Waals surface area (Å²) in [5, 5.41) is 0. The van der Waals surface area contributed by atoms with E-state index in [9.17, 15) is 13.2 Å². The van der Waals surface area contributed by atoms with E-state index in [1.165, 1.54) is 7.11 Å². The van der Waals surface area contributed by atoms with Gasteiger partial charge in [0.2, 0.25) is 0 Å². The van der Waals surface area contributed by atoms with Crippen molar-refractivity contribution in [2.75, 3.05) is 45.0 Å². The zero-order valence-electron chi connectivity index (χ0n) is 12.9. The highest BCUT2D eigenvalue weighted by Gasteiger charge is 2.46. The molecule has 8 nitrogen and oxygen atoms in total. The Morgan fingerprint density at radius 3 is 2.64 bits per heavy atom. The molecule has 0 saturated carbocycles. The maximum absolute atomic E-state index is 12.0. The van der Waals surface area contributed by atoms with Crippen LogP contribution in [0.25, 0.3) is 0 Å². The second kappa shape index (κ2) is 8.30. The number of ether oxygens (including phenoxy) is 4. The Morgan fingerprint density at radius 1 is 1.41 bits per heavy atom. The average Bonchev–Trinajstić information content (AvgIpc) is 2.69. The number of carbonyl (C=O) groups is 1. The first-order valence-corrected chi connectivity index (χ1v) is 8.91. The van der Waals surface area contributed by atoms with Crippen LogP contribution in [-0.2, 0) is 28.8 Å². The normalized spacial score (nSPS) is 23.6. The Balaban J connectivity index is 2.29. The summed E-state index contributed by atoms with van der Waals surface area (Å²) in [6.07, 6.45) is -1.07. The van der Waals surface area contributed by atoms with Gasteiger partial charge in [-0.2, -0.15) is 0 Å². The van der Waals surface area contributed by atoms with Gasteiger partial charge < -0.3 is 18.9 Å². The molecular formula is C12H22ClNO7S. The Morgan fingerprint density at radius 2 is 2.09 bits per heavy atom. The number of hydrogen-bond acceptors (Lipinski definition) is 7. The molecule has 1 heterocycles. The molecule has 0 aromatic heterocycles. The van der Waals surface area contributed by atoms with E-state index < -0.39 is 21.5 Å². The molecule has 2 unspecified atom stereocenters. The van der Waals surface area contributed by atoms with Crippen LogP contribution in [0.1, 0.15) is 13.8 Å². The summed E-state index contributed by atoms with van der Waals surface area (Å²) < 4.78 is 44.9. The first-order valence-electron chi connectivity index (χ1n) is 6.75. The van der Waals surface area contributed by atoms with Gasteiger partial charge in [0.05, 0.1) is 31.3 Å². The van der Waals surface area contributed by atoms with Crippen LogP contribution in [0.15, 0.2) is 0 Å². The van der Waals surface area contributed by atoms with Gasteiger partial charge in [-0.1, -0.05) is 0 Å². The number of methoxy groups -OCH3 is 1. The Labute approximate surface area is 135 Å². The van der Waals surface area contributed by atoms with Gasteiger partial charge >= 0.3 is 6.09 Å². The standard InChI is InChI=1S/C12H22ClNO7S/c1-10(18-3)20-5-4-19-6-7-22(16,17)9-12(2)8-21-11(15)14(12)13/h10H,4-9H2,1-3H3. The van der Waals surface area contributed by atoms with Gasteiger partial charge in [-0.25, -0.2) is 17.6 Å². The predicted octanol–water partition coefficient (Wildman–Crippen LogP) is 0.791. The van der Waals surface area contributed by atoms with Crippen molar-refractivity contribution in [3.05, 3.63) is 0 Å². The van der Waals surface area contributed by atoms with E-state index >= 15 is 0 Å². The van der Waals surface area contributed by atoms with Crippen molar-refractivity contribution < 1.29 is 32.2 Å². The fourth-order valence-electron chi connectivity index (χ4n) is 1.82. The van der Waals surface area contributed by atoms with Gasteiger partial charge in [-0.15, -0.1) is 0 Å². The van der Waals surface area contributed by atoms with Crippen molar-refractivity contribution in [2.45, 2.75) is 25.7 Å². The molecule has 130 valence electrons. The summed E-state index contributed by atoms with van der Waals surface area (Å²) in [4.78, 5) is 11.2. The molecule has 0 aromatic carbocycles. The molecular weight excluding hydrogens is 338 g/mol. The number of cyclic esters (lactones) is 1. The number of rotatable bonds is 10. The highest BCUT2D eigenvalue weighted by molar-refractivity contribution is 7.91. The molecule has 1 amide bonds. The third-order valence-electron chi connectivity index (χ3n) is 3.12. The van der Waals surface area contributed by atoms with Crippen molar-refractivity contribution in [3.8, 4) is 0 Å². The van der Waals surface area contributed by atoms with Crippen molar-refractivity contribution in [1.29, 1.82) is 0 Å². The predicted molar refractivity (Wildman–Crippen MR) is 79.3 cm³/mol. The molecule has 1 rings (SSSR count). The van der Waals surface area contributed by atoms with E-state index in [2.05, 4.69) is 0 Å². The summed E-state index contributed by atoms with van der Waals surface area (Å²) in [5.74, 6) is -0.447. The minimum Gasteiger partial charge on any atom is -0.446 e. The second-order valence-corrected chi connectivity index (χ2v) is 7.73. The van der Waals surface area contributed by atoms with E-state index in [1.807, 2.05) is 0 Å². The summed E-state index contributed by atoms with van der Waals surface area (Å²) in [6, 6.07) is 0. The largest absolute Gasteiger partial charge is 0.446 e. The monoisotopic (exact) mass is 359 g/mol. The van der Waals surface area contributed by atoms with Crippen molar-refractivity contribution in [3.63, 3.8) is 0 Å².